The van der Waals surface area contributed by atoms with Gasteiger partial charge in [0.2, 0.25) is 0 Å². The molecule has 1 saturated carbocycles. The number of methoxy groups -OCH3 is 1. The summed E-state index contributed by atoms with van der Waals surface area (Å²) < 4.78 is 5.05. The molecule has 1 aromatic rings. The van der Waals surface area contributed by atoms with Crippen LogP contribution in [0.25, 0.3) is 0 Å². The molecule has 1 saturated heterocycles. The maximum Gasteiger partial charge on any atom is 0.313 e. The van der Waals surface area contributed by atoms with E-state index in [4.69, 9.17) is 16.3 Å². The van der Waals surface area contributed by atoms with Crippen molar-refractivity contribution in [2.24, 2.45) is 11.3 Å². The smallest absolute Gasteiger partial charge is 0.313 e. The molecule has 1 aromatic carbocycles. The van der Waals surface area contributed by atoms with Gasteiger partial charge < -0.3 is 9.64 Å². The lowest BCUT2D eigenvalue weighted by Crippen LogP contribution is -2.37. The second kappa shape index (κ2) is 5.23. The van der Waals surface area contributed by atoms with Gasteiger partial charge in [-0.1, -0.05) is 18.0 Å². The highest BCUT2D eigenvalue weighted by Gasteiger charge is 2.55. The van der Waals surface area contributed by atoms with Gasteiger partial charge in [0.15, 0.2) is 0 Å². The zero-order valence-corrected chi connectivity index (χ0v) is 12.7. The summed E-state index contributed by atoms with van der Waals surface area (Å²) in [6.07, 6.45) is 2.96. The molecule has 1 heterocycles. The van der Waals surface area contributed by atoms with Crippen LogP contribution >= 0.6 is 11.6 Å². The Bertz CT molecular complexity index is 625. The predicted molar refractivity (Wildman–Crippen MR) is 80.2 cm³/mol. The van der Waals surface area contributed by atoms with Gasteiger partial charge in [-0.05, 0) is 37.0 Å². The SMILES string of the molecule is COC(=O)C12CCCC1CN(c1cc(Cl)ccc1C#N)C2. The fraction of sp³-hybridized carbons (Fsp3) is 0.500. The summed E-state index contributed by atoms with van der Waals surface area (Å²) in [5.41, 5.74) is 1.01. The highest BCUT2D eigenvalue weighted by molar-refractivity contribution is 6.30. The molecule has 2 fully saturated rings. The molecule has 0 aromatic heterocycles. The van der Waals surface area contributed by atoms with Crippen molar-refractivity contribution in [3.8, 4) is 6.07 Å². The number of ether oxygens (including phenoxy) is 1. The van der Waals surface area contributed by atoms with Crippen molar-refractivity contribution in [1.82, 2.24) is 0 Å². The van der Waals surface area contributed by atoms with Crippen molar-refractivity contribution in [3.63, 3.8) is 0 Å². The number of carbonyl (C=O) groups excluding carboxylic acids is 1. The molecule has 4 nitrogen and oxygen atoms in total. The molecule has 0 N–H and O–H groups in total. The van der Waals surface area contributed by atoms with Crippen molar-refractivity contribution in [2.75, 3.05) is 25.1 Å². The number of halogens is 1. The molecule has 0 amide bonds. The van der Waals surface area contributed by atoms with E-state index in [0.717, 1.165) is 31.5 Å². The van der Waals surface area contributed by atoms with E-state index < -0.39 is 5.41 Å². The third kappa shape index (κ3) is 2.16. The zero-order chi connectivity index (χ0) is 15.0. The molecule has 0 bridgehead atoms. The number of rotatable bonds is 2. The number of esters is 1. The quantitative estimate of drug-likeness (QED) is 0.788. The molecular formula is C16H17ClN2O2. The number of benzene rings is 1. The summed E-state index contributed by atoms with van der Waals surface area (Å²) in [5, 5.41) is 9.89. The first-order valence-corrected chi connectivity index (χ1v) is 7.51. The Labute approximate surface area is 129 Å². The second-order valence-corrected chi connectivity index (χ2v) is 6.33. The number of carbonyl (C=O) groups is 1. The van der Waals surface area contributed by atoms with Crippen molar-refractivity contribution < 1.29 is 9.53 Å². The molecule has 110 valence electrons. The molecule has 1 aliphatic heterocycles. The van der Waals surface area contributed by atoms with Crippen LogP contribution in [-0.2, 0) is 9.53 Å². The first kappa shape index (κ1) is 14.2. The van der Waals surface area contributed by atoms with E-state index in [0.29, 0.717) is 23.0 Å². The number of nitriles is 1. The van der Waals surface area contributed by atoms with Crippen LogP contribution in [0.3, 0.4) is 0 Å². The third-order valence-electron chi connectivity index (χ3n) is 4.88. The standard InChI is InChI=1S/C16H17ClN2O2/c1-21-15(20)16-6-2-3-12(16)9-19(10-16)14-7-13(17)5-4-11(14)8-18/h4-5,7,12H,2-3,6,9-10H2,1H3. The number of hydrogen-bond donors (Lipinski definition) is 0. The third-order valence-corrected chi connectivity index (χ3v) is 5.12. The van der Waals surface area contributed by atoms with Gasteiger partial charge in [0, 0.05) is 18.1 Å². The topological polar surface area (TPSA) is 53.3 Å². The van der Waals surface area contributed by atoms with E-state index in [1.54, 1.807) is 12.1 Å². The second-order valence-electron chi connectivity index (χ2n) is 5.89. The first-order chi connectivity index (χ1) is 10.1. The molecule has 2 aliphatic rings. The molecule has 1 aliphatic carbocycles. The average Bonchev–Trinajstić information content (AvgIpc) is 3.04. The fourth-order valence-electron chi connectivity index (χ4n) is 3.87. The van der Waals surface area contributed by atoms with Crippen LogP contribution in [0.4, 0.5) is 5.69 Å². The first-order valence-electron chi connectivity index (χ1n) is 7.14. The Morgan fingerprint density at radius 3 is 3.10 bits per heavy atom. The molecule has 5 heteroatoms. The van der Waals surface area contributed by atoms with Crippen molar-refractivity contribution in [2.45, 2.75) is 19.3 Å². The fourth-order valence-corrected chi connectivity index (χ4v) is 4.04. The Morgan fingerprint density at radius 1 is 1.57 bits per heavy atom. The van der Waals surface area contributed by atoms with Crippen LogP contribution in [-0.4, -0.2) is 26.2 Å². The predicted octanol–water partition coefficient (Wildman–Crippen LogP) is 2.99. The minimum Gasteiger partial charge on any atom is -0.469 e. The Morgan fingerprint density at radius 2 is 2.38 bits per heavy atom. The van der Waals surface area contributed by atoms with Crippen LogP contribution in [0.5, 0.6) is 0 Å². The lowest BCUT2D eigenvalue weighted by atomic mass is 9.81. The van der Waals surface area contributed by atoms with Gasteiger partial charge in [-0.2, -0.15) is 5.26 Å². The van der Waals surface area contributed by atoms with E-state index in [-0.39, 0.29) is 5.97 Å². The lowest BCUT2D eigenvalue weighted by Gasteiger charge is -2.26. The highest BCUT2D eigenvalue weighted by atomic mass is 35.5. The minimum absolute atomic E-state index is 0.118. The summed E-state index contributed by atoms with van der Waals surface area (Å²) in [6, 6.07) is 7.47. The van der Waals surface area contributed by atoms with Crippen LogP contribution in [0.2, 0.25) is 5.02 Å². The summed E-state index contributed by atoms with van der Waals surface area (Å²) in [6.45, 7) is 1.39. The van der Waals surface area contributed by atoms with Gasteiger partial charge >= 0.3 is 5.97 Å². The normalized spacial score (nSPS) is 27.3. The molecule has 2 unspecified atom stereocenters. The Hall–Kier alpha value is -1.73. The van der Waals surface area contributed by atoms with Gasteiger partial charge in [-0.3, -0.25) is 4.79 Å². The van der Waals surface area contributed by atoms with Crippen LogP contribution in [0.1, 0.15) is 24.8 Å². The lowest BCUT2D eigenvalue weighted by molar-refractivity contribution is -0.152. The van der Waals surface area contributed by atoms with Crippen molar-refractivity contribution in [3.05, 3.63) is 28.8 Å². The van der Waals surface area contributed by atoms with E-state index in [9.17, 15) is 10.1 Å². The summed E-state index contributed by atoms with van der Waals surface area (Å²) in [7, 11) is 1.45. The molecule has 3 rings (SSSR count). The van der Waals surface area contributed by atoms with Gasteiger partial charge in [0.05, 0.1) is 23.8 Å². The average molecular weight is 305 g/mol. The minimum atomic E-state index is -0.413. The summed E-state index contributed by atoms with van der Waals surface area (Å²) in [4.78, 5) is 14.4. The van der Waals surface area contributed by atoms with Gasteiger partial charge in [-0.15, -0.1) is 0 Å². The number of anilines is 1. The Kier molecular flexibility index (Phi) is 3.54. The molecule has 0 spiro atoms. The Balaban J connectivity index is 1.96. The van der Waals surface area contributed by atoms with Gasteiger partial charge in [-0.25, -0.2) is 0 Å². The highest BCUT2D eigenvalue weighted by Crippen LogP contribution is 2.50. The van der Waals surface area contributed by atoms with Crippen LogP contribution in [0, 0.1) is 22.7 Å². The van der Waals surface area contributed by atoms with E-state index in [1.807, 2.05) is 6.07 Å². The van der Waals surface area contributed by atoms with E-state index in [1.165, 1.54) is 7.11 Å². The van der Waals surface area contributed by atoms with E-state index >= 15 is 0 Å². The molecule has 21 heavy (non-hydrogen) atoms. The van der Waals surface area contributed by atoms with E-state index in [2.05, 4.69) is 11.0 Å². The number of fused-ring (bicyclic) bond motifs is 1. The largest absolute Gasteiger partial charge is 0.469 e. The number of hydrogen-bond acceptors (Lipinski definition) is 4. The molecule has 0 radical (unpaired) electrons. The van der Waals surface area contributed by atoms with Crippen molar-refractivity contribution in [1.29, 1.82) is 5.26 Å². The molecular weight excluding hydrogens is 288 g/mol. The van der Waals surface area contributed by atoms with Crippen molar-refractivity contribution >= 4 is 23.3 Å². The van der Waals surface area contributed by atoms with Crippen LogP contribution < -0.4 is 4.90 Å². The maximum absolute atomic E-state index is 12.3. The van der Waals surface area contributed by atoms with Gasteiger partial charge in [0.1, 0.15) is 6.07 Å². The van der Waals surface area contributed by atoms with Gasteiger partial charge in [0.25, 0.3) is 0 Å². The maximum atomic E-state index is 12.3. The summed E-state index contributed by atoms with van der Waals surface area (Å²) >= 11 is 6.07. The van der Waals surface area contributed by atoms with Crippen LogP contribution in [0.15, 0.2) is 18.2 Å². The number of nitrogens with zero attached hydrogens (tertiary/aromatic N) is 2. The summed E-state index contributed by atoms with van der Waals surface area (Å²) in [5.74, 6) is 0.184. The monoisotopic (exact) mass is 304 g/mol. The zero-order valence-electron chi connectivity index (χ0n) is 11.9. The molecule has 2 atom stereocenters.